The molecular weight excluding hydrogens is 275 g/mol. The van der Waals surface area contributed by atoms with Crippen LogP contribution in [0.1, 0.15) is 45.2 Å². The molecule has 1 atom stereocenters. The van der Waals surface area contributed by atoms with Gasteiger partial charge in [-0.2, -0.15) is 0 Å². The lowest BCUT2D eigenvalue weighted by Crippen LogP contribution is -2.48. The van der Waals surface area contributed by atoms with Gasteiger partial charge in [-0.3, -0.25) is 4.79 Å². The van der Waals surface area contributed by atoms with Gasteiger partial charge in [0.1, 0.15) is 5.82 Å². The maximum Gasteiger partial charge on any atom is 0.233 e. The fourth-order valence-electron chi connectivity index (χ4n) is 2.23. The van der Waals surface area contributed by atoms with Gasteiger partial charge in [0.15, 0.2) is 0 Å². The van der Waals surface area contributed by atoms with Gasteiger partial charge in [-0.05, 0) is 37.5 Å². The Balaban J connectivity index is 2.91. The van der Waals surface area contributed by atoms with Gasteiger partial charge in [-0.25, -0.2) is 4.39 Å². The summed E-state index contributed by atoms with van der Waals surface area (Å²) in [5.41, 5.74) is 5.62. The number of carbonyl (C=O) groups excluding carboxylic acids is 1. The molecule has 0 aliphatic carbocycles. The fourth-order valence-corrected chi connectivity index (χ4v) is 2.61. The van der Waals surface area contributed by atoms with Crippen LogP contribution < -0.4 is 11.1 Å². The van der Waals surface area contributed by atoms with Crippen LogP contribution in [0.4, 0.5) is 4.39 Å². The number of rotatable bonds is 6. The van der Waals surface area contributed by atoms with E-state index in [1.165, 1.54) is 12.1 Å². The number of hydrogen-bond donors (Lipinski definition) is 2. The highest BCUT2D eigenvalue weighted by molar-refractivity contribution is 7.80. The summed E-state index contributed by atoms with van der Waals surface area (Å²) in [6, 6.07) is 5.87. The number of halogens is 1. The number of hydrogen-bond acceptors (Lipinski definition) is 2. The molecule has 0 bridgehead atoms. The summed E-state index contributed by atoms with van der Waals surface area (Å²) in [7, 11) is 0. The van der Waals surface area contributed by atoms with Crippen molar-refractivity contribution in [1.82, 2.24) is 5.32 Å². The van der Waals surface area contributed by atoms with E-state index in [0.717, 1.165) is 0 Å². The van der Waals surface area contributed by atoms with Crippen molar-refractivity contribution in [2.45, 2.75) is 39.7 Å². The van der Waals surface area contributed by atoms with Crippen molar-refractivity contribution in [3.05, 3.63) is 35.6 Å². The van der Waals surface area contributed by atoms with E-state index in [9.17, 15) is 9.18 Å². The van der Waals surface area contributed by atoms with Crippen molar-refractivity contribution < 1.29 is 9.18 Å². The van der Waals surface area contributed by atoms with Crippen LogP contribution in [0.3, 0.4) is 0 Å². The zero-order valence-corrected chi connectivity index (χ0v) is 12.9. The highest BCUT2D eigenvalue weighted by Crippen LogP contribution is 2.28. The second-order valence-electron chi connectivity index (χ2n) is 4.90. The highest BCUT2D eigenvalue weighted by atomic mass is 32.1. The minimum Gasteiger partial charge on any atom is -0.392 e. The van der Waals surface area contributed by atoms with Gasteiger partial charge in [0.2, 0.25) is 5.91 Å². The molecule has 20 heavy (non-hydrogen) atoms. The van der Waals surface area contributed by atoms with Gasteiger partial charge in [-0.15, -0.1) is 0 Å². The smallest absolute Gasteiger partial charge is 0.233 e. The summed E-state index contributed by atoms with van der Waals surface area (Å²) in [5, 5.41) is 2.87. The van der Waals surface area contributed by atoms with Crippen molar-refractivity contribution in [3.8, 4) is 0 Å². The van der Waals surface area contributed by atoms with Gasteiger partial charge in [-0.1, -0.05) is 38.2 Å². The first kappa shape index (κ1) is 16.6. The SMILES string of the molecule is CCC(CC)(C(=O)NC(C)c1cccc(F)c1)C(N)=S. The lowest BCUT2D eigenvalue weighted by Gasteiger charge is -2.30. The quantitative estimate of drug-likeness (QED) is 0.793. The summed E-state index contributed by atoms with van der Waals surface area (Å²) in [6.45, 7) is 5.58. The number of carbonyl (C=O) groups is 1. The number of nitrogens with one attached hydrogen (secondary N) is 1. The van der Waals surface area contributed by atoms with Crippen LogP contribution in [-0.4, -0.2) is 10.9 Å². The van der Waals surface area contributed by atoms with Crippen molar-refractivity contribution in [2.24, 2.45) is 11.1 Å². The Labute approximate surface area is 124 Å². The summed E-state index contributed by atoms with van der Waals surface area (Å²) < 4.78 is 13.2. The third kappa shape index (κ3) is 3.33. The third-order valence-electron chi connectivity index (χ3n) is 3.81. The fraction of sp³-hybridized carbons (Fsp3) is 0.467. The zero-order chi connectivity index (χ0) is 15.3. The van der Waals surface area contributed by atoms with E-state index in [1.54, 1.807) is 12.1 Å². The Bertz CT molecular complexity index is 500. The van der Waals surface area contributed by atoms with Crippen molar-refractivity contribution in [2.75, 3.05) is 0 Å². The van der Waals surface area contributed by atoms with Crippen LogP contribution in [0.15, 0.2) is 24.3 Å². The van der Waals surface area contributed by atoms with E-state index in [2.05, 4.69) is 5.32 Å². The molecule has 0 aliphatic heterocycles. The van der Waals surface area contributed by atoms with Gasteiger partial charge < -0.3 is 11.1 Å². The lowest BCUT2D eigenvalue weighted by atomic mass is 9.81. The number of benzene rings is 1. The highest BCUT2D eigenvalue weighted by Gasteiger charge is 2.38. The first-order valence-corrected chi connectivity index (χ1v) is 7.14. The molecule has 3 nitrogen and oxygen atoms in total. The van der Waals surface area contributed by atoms with Gasteiger partial charge >= 0.3 is 0 Å². The van der Waals surface area contributed by atoms with Crippen LogP contribution in [0.5, 0.6) is 0 Å². The molecule has 0 aromatic heterocycles. The molecule has 1 rings (SSSR count). The first-order chi connectivity index (χ1) is 9.37. The van der Waals surface area contributed by atoms with Gasteiger partial charge in [0.05, 0.1) is 16.4 Å². The minimum absolute atomic E-state index is 0.200. The molecule has 110 valence electrons. The average Bonchev–Trinajstić information content (AvgIpc) is 2.40. The topological polar surface area (TPSA) is 55.1 Å². The maximum atomic E-state index is 13.2. The second kappa shape index (κ2) is 6.79. The Morgan fingerprint density at radius 1 is 1.45 bits per heavy atom. The zero-order valence-electron chi connectivity index (χ0n) is 12.1. The molecule has 0 spiro atoms. The first-order valence-electron chi connectivity index (χ1n) is 6.73. The average molecular weight is 296 g/mol. The summed E-state index contributed by atoms with van der Waals surface area (Å²) in [5.74, 6) is -0.526. The van der Waals surface area contributed by atoms with E-state index < -0.39 is 5.41 Å². The summed E-state index contributed by atoms with van der Waals surface area (Å²) in [6.07, 6.45) is 1.08. The van der Waals surface area contributed by atoms with E-state index >= 15 is 0 Å². The molecule has 1 unspecified atom stereocenters. The van der Waals surface area contributed by atoms with Crippen LogP contribution in [0.2, 0.25) is 0 Å². The van der Waals surface area contributed by atoms with Crippen LogP contribution in [0.25, 0.3) is 0 Å². The molecule has 1 aromatic carbocycles. The normalized spacial score (nSPS) is 12.8. The molecule has 0 saturated carbocycles. The molecule has 0 heterocycles. The Morgan fingerprint density at radius 3 is 2.50 bits per heavy atom. The number of amides is 1. The Morgan fingerprint density at radius 2 is 2.05 bits per heavy atom. The van der Waals surface area contributed by atoms with Crippen molar-refractivity contribution >= 4 is 23.1 Å². The molecule has 3 N–H and O–H groups in total. The predicted octanol–water partition coefficient (Wildman–Crippen LogP) is 3.10. The molecule has 1 amide bonds. The van der Waals surface area contributed by atoms with Gasteiger partial charge in [0, 0.05) is 0 Å². The van der Waals surface area contributed by atoms with E-state index in [0.29, 0.717) is 18.4 Å². The Kier molecular flexibility index (Phi) is 5.62. The molecule has 0 radical (unpaired) electrons. The van der Waals surface area contributed by atoms with Crippen LogP contribution in [-0.2, 0) is 4.79 Å². The van der Waals surface area contributed by atoms with Crippen LogP contribution >= 0.6 is 12.2 Å². The van der Waals surface area contributed by atoms with Crippen molar-refractivity contribution in [3.63, 3.8) is 0 Å². The molecule has 0 saturated heterocycles. The lowest BCUT2D eigenvalue weighted by molar-refractivity contribution is -0.128. The monoisotopic (exact) mass is 296 g/mol. The maximum absolute atomic E-state index is 13.2. The van der Waals surface area contributed by atoms with Gasteiger partial charge in [0.25, 0.3) is 0 Å². The summed E-state index contributed by atoms with van der Waals surface area (Å²) >= 11 is 5.05. The van der Waals surface area contributed by atoms with E-state index in [-0.39, 0.29) is 22.8 Å². The largest absolute Gasteiger partial charge is 0.392 e. The molecule has 0 fully saturated rings. The minimum atomic E-state index is -0.836. The van der Waals surface area contributed by atoms with Crippen molar-refractivity contribution in [1.29, 1.82) is 0 Å². The number of thiocarbonyl (C=S) groups is 1. The molecular formula is C15H21FN2OS. The van der Waals surface area contributed by atoms with E-state index in [4.69, 9.17) is 18.0 Å². The molecule has 0 aliphatic rings. The Hall–Kier alpha value is -1.49. The summed E-state index contributed by atoms with van der Waals surface area (Å²) in [4.78, 5) is 12.7. The second-order valence-corrected chi connectivity index (χ2v) is 5.34. The number of nitrogens with two attached hydrogens (primary N) is 1. The van der Waals surface area contributed by atoms with Crippen LogP contribution in [0, 0.1) is 11.2 Å². The molecule has 5 heteroatoms. The third-order valence-corrected chi connectivity index (χ3v) is 4.20. The predicted molar refractivity (Wildman–Crippen MR) is 82.8 cm³/mol. The molecule has 1 aromatic rings. The van der Waals surface area contributed by atoms with E-state index in [1.807, 2.05) is 20.8 Å². The standard InChI is InChI=1S/C15H21FN2OS/c1-4-15(5-2,13(17)20)14(19)18-10(3)11-7-6-8-12(16)9-11/h6-10H,4-5H2,1-3H3,(H2,17,20)(H,18,19).